The molecule has 4 unspecified atom stereocenters. The van der Waals surface area contributed by atoms with Gasteiger partial charge in [-0.15, -0.1) is 0 Å². The van der Waals surface area contributed by atoms with Gasteiger partial charge in [-0.3, -0.25) is 9.59 Å². The molecule has 2 fully saturated rings. The molecule has 1 heterocycles. The summed E-state index contributed by atoms with van der Waals surface area (Å²) in [7, 11) is 0. The minimum Gasteiger partial charge on any atom is -0.379 e. The van der Waals surface area contributed by atoms with Gasteiger partial charge in [0.15, 0.2) is 0 Å². The van der Waals surface area contributed by atoms with Crippen LogP contribution in [0.4, 0.5) is 0 Å². The number of carbonyl (C=O) groups excluding carboxylic acids is 2. The highest BCUT2D eigenvalue weighted by molar-refractivity contribution is 5.94. The zero-order valence-electron chi connectivity index (χ0n) is 42.3. The van der Waals surface area contributed by atoms with Crippen molar-refractivity contribution in [3.05, 3.63) is 0 Å². The molecule has 2 rings (SSSR count). The molecule has 0 spiro atoms. The lowest BCUT2D eigenvalue weighted by atomic mass is 9.55. The number of unbranched alkanes of at least 4 members (excludes halogenated alkanes) is 36. The van der Waals surface area contributed by atoms with Crippen molar-refractivity contribution < 1.29 is 14.3 Å². The van der Waals surface area contributed by atoms with Crippen LogP contribution in [0.5, 0.6) is 0 Å². The van der Waals surface area contributed by atoms with E-state index in [1.54, 1.807) is 0 Å². The van der Waals surface area contributed by atoms with E-state index in [1.165, 1.54) is 231 Å². The Kier molecular flexibility index (Phi) is 35.7. The average Bonchev–Trinajstić information content (AvgIpc) is 3.26. The topological polar surface area (TPSA) is 43.4 Å². The predicted molar refractivity (Wildman–Crippen MR) is 268 cm³/mol. The fourth-order valence-corrected chi connectivity index (χ4v) is 11.6. The molecule has 1 saturated heterocycles. The molecule has 3 heteroatoms. The minimum absolute atomic E-state index is 0.0336. The molecule has 0 aromatic heterocycles. The maximum Gasteiger partial charge on any atom is 0.149 e. The van der Waals surface area contributed by atoms with Gasteiger partial charge in [-0.2, -0.15) is 0 Å². The van der Waals surface area contributed by atoms with Gasteiger partial charge in [0.25, 0.3) is 0 Å². The maximum absolute atomic E-state index is 15.5. The van der Waals surface area contributed by atoms with Crippen LogP contribution >= 0.6 is 0 Å². The molecule has 0 amide bonds. The molecular weight excluding hydrogens is 745 g/mol. The molecule has 0 aromatic carbocycles. The van der Waals surface area contributed by atoms with Crippen molar-refractivity contribution in [1.29, 1.82) is 0 Å². The third kappa shape index (κ3) is 25.5. The standard InChI is InChI=1S/C58H110O3/c1-5-9-13-17-21-25-29-33-37-41-45-53-49-57(47-43-39-35-31-27-23-19-15-11-7-3)51-61-52-58(56(57)60,48-44-40-36-32-28-24-20-16-12-8-4)50-54(55(53)59)46-42-38-34-30-26-22-18-14-10-6-2/h53-54H,5-52H2,1-4H3. The van der Waals surface area contributed by atoms with Crippen molar-refractivity contribution in [2.75, 3.05) is 13.2 Å². The molecule has 2 aliphatic rings. The zero-order chi connectivity index (χ0) is 44.0. The Morgan fingerprint density at radius 1 is 0.344 bits per heavy atom. The summed E-state index contributed by atoms with van der Waals surface area (Å²) in [6.45, 7) is 10.3. The van der Waals surface area contributed by atoms with Crippen LogP contribution in [-0.2, 0) is 14.3 Å². The van der Waals surface area contributed by atoms with E-state index in [9.17, 15) is 0 Å². The van der Waals surface area contributed by atoms with E-state index >= 15 is 9.59 Å². The number of ketones is 2. The summed E-state index contributed by atoms with van der Waals surface area (Å²) in [6, 6.07) is 0. The second-order valence-corrected chi connectivity index (χ2v) is 21.4. The van der Waals surface area contributed by atoms with Crippen LogP contribution in [0.1, 0.15) is 323 Å². The molecule has 1 saturated carbocycles. The van der Waals surface area contributed by atoms with Crippen molar-refractivity contribution in [3.63, 3.8) is 0 Å². The van der Waals surface area contributed by atoms with E-state index in [-0.39, 0.29) is 11.8 Å². The Morgan fingerprint density at radius 2 is 0.574 bits per heavy atom. The Bertz CT molecular complexity index is 931. The Labute approximate surface area is 383 Å². The van der Waals surface area contributed by atoms with Crippen LogP contribution in [0.15, 0.2) is 0 Å². The van der Waals surface area contributed by atoms with Gasteiger partial charge < -0.3 is 4.74 Å². The van der Waals surface area contributed by atoms with Crippen molar-refractivity contribution in [2.24, 2.45) is 22.7 Å². The Hall–Kier alpha value is -0.700. The van der Waals surface area contributed by atoms with Crippen molar-refractivity contribution in [1.82, 2.24) is 0 Å². The summed E-state index contributed by atoms with van der Waals surface area (Å²) in [5, 5.41) is 0. The van der Waals surface area contributed by atoms with Crippen LogP contribution < -0.4 is 0 Å². The fourth-order valence-electron chi connectivity index (χ4n) is 11.6. The highest BCUT2D eigenvalue weighted by Crippen LogP contribution is 2.52. The average molecular weight is 856 g/mol. The number of hydrogen-bond donors (Lipinski definition) is 0. The fraction of sp³-hybridized carbons (Fsp3) is 0.966. The number of carbonyl (C=O) groups is 2. The van der Waals surface area contributed by atoms with Crippen LogP contribution in [-0.4, -0.2) is 24.8 Å². The first-order chi connectivity index (χ1) is 30.0. The van der Waals surface area contributed by atoms with E-state index in [0.29, 0.717) is 24.8 Å². The molecule has 2 bridgehead atoms. The maximum atomic E-state index is 15.5. The lowest BCUT2D eigenvalue weighted by molar-refractivity contribution is -0.171. The molecule has 61 heavy (non-hydrogen) atoms. The first-order valence-electron chi connectivity index (χ1n) is 28.6. The highest BCUT2D eigenvalue weighted by atomic mass is 16.5. The van der Waals surface area contributed by atoms with Crippen LogP contribution in [0.3, 0.4) is 0 Å². The predicted octanol–water partition coefficient (Wildman–Crippen LogP) is 19.4. The first-order valence-corrected chi connectivity index (χ1v) is 28.6. The molecule has 0 radical (unpaired) electrons. The monoisotopic (exact) mass is 855 g/mol. The first kappa shape index (κ1) is 56.4. The van der Waals surface area contributed by atoms with Gasteiger partial charge in [0, 0.05) is 11.8 Å². The SMILES string of the molecule is CCCCCCCCCCCCC1CC2(CCCCCCCCCCCC)COCC(CCCCCCCCCCCC)(CC(CCCCCCCCCCCC)C1=O)C2=O. The summed E-state index contributed by atoms with van der Waals surface area (Å²) < 4.78 is 6.74. The van der Waals surface area contributed by atoms with Gasteiger partial charge >= 0.3 is 0 Å². The molecule has 4 atom stereocenters. The van der Waals surface area contributed by atoms with E-state index < -0.39 is 10.8 Å². The smallest absolute Gasteiger partial charge is 0.149 e. The van der Waals surface area contributed by atoms with Gasteiger partial charge in [-0.05, 0) is 38.5 Å². The van der Waals surface area contributed by atoms with E-state index in [4.69, 9.17) is 4.74 Å². The third-order valence-electron chi connectivity index (χ3n) is 15.6. The van der Waals surface area contributed by atoms with Crippen molar-refractivity contribution in [2.45, 2.75) is 323 Å². The third-order valence-corrected chi connectivity index (χ3v) is 15.6. The number of ether oxygens (including phenoxy) is 1. The zero-order valence-corrected chi connectivity index (χ0v) is 42.3. The molecule has 1 aliphatic heterocycles. The van der Waals surface area contributed by atoms with Crippen LogP contribution in [0.25, 0.3) is 0 Å². The summed E-state index contributed by atoms with van der Waals surface area (Å²) >= 11 is 0. The van der Waals surface area contributed by atoms with E-state index in [0.717, 1.165) is 64.2 Å². The molecule has 3 nitrogen and oxygen atoms in total. The lowest BCUT2D eigenvalue weighted by Gasteiger charge is -2.51. The highest BCUT2D eigenvalue weighted by Gasteiger charge is 2.57. The van der Waals surface area contributed by atoms with E-state index in [2.05, 4.69) is 27.7 Å². The molecular formula is C58H110O3. The molecule has 1 aliphatic carbocycles. The van der Waals surface area contributed by atoms with Crippen LogP contribution in [0, 0.1) is 22.7 Å². The molecule has 0 aromatic rings. The summed E-state index contributed by atoms with van der Waals surface area (Å²) in [5.41, 5.74) is -0.921. The lowest BCUT2D eigenvalue weighted by Crippen LogP contribution is -2.57. The summed E-state index contributed by atoms with van der Waals surface area (Å²) in [4.78, 5) is 30.5. The van der Waals surface area contributed by atoms with Gasteiger partial charge in [-0.25, -0.2) is 0 Å². The second kappa shape index (κ2) is 38.6. The Morgan fingerprint density at radius 3 is 0.836 bits per heavy atom. The van der Waals surface area contributed by atoms with E-state index in [1.807, 2.05) is 0 Å². The quantitative estimate of drug-likeness (QED) is 0.0574. The summed E-state index contributed by atoms with van der Waals surface area (Å²) in [6.07, 6.45) is 58.1. The Balaban J connectivity index is 2.14. The minimum atomic E-state index is -0.461. The molecule has 0 N–H and O–H groups in total. The molecule has 360 valence electrons. The summed E-state index contributed by atoms with van der Waals surface area (Å²) in [5.74, 6) is 1.17. The number of rotatable bonds is 44. The van der Waals surface area contributed by atoms with Crippen LogP contribution in [0.2, 0.25) is 0 Å². The van der Waals surface area contributed by atoms with Gasteiger partial charge in [-0.1, -0.05) is 285 Å². The van der Waals surface area contributed by atoms with Gasteiger partial charge in [0.1, 0.15) is 11.6 Å². The normalized spacial score (nSPS) is 21.9. The largest absolute Gasteiger partial charge is 0.379 e. The number of hydrogen-bond acceptors (Lipinski definition) is 3. The van der Waals surface area contributed by atoms with Crippen molar-refractivity contribution >= 4 is 11.6 Å². The number of fused-ring (bicyclic) bond motifs is 2. The van der Waals surface area contributed by atoms with Gasteiger partial charge in [0.2, 0.25) is 0 Å². The second-order valence-electron chi connectivity index (χ2n) is 21.4. The van der Waals surface area contributed by atoms with Crippen molar-refractivity contribution in [3.8, 4) is 0 Å². The van der Waals surface area contributed by atoms with Gasteiger partial charge in [0.05, 0.1) is 24.0 Å². The number of Topliss-reactive ketones (excluding diaryl/α,β-unsaturated/α-hetero) is 2.